The number of halogens is 2. The van der Waals surface area contributed by atoms with E-state index in [0.717, 1.165) is 5.56 Å². The Hall–Kier alpha value is -2.93. The minimum absolute atomic E-state index is 0.174. The quantitative estimate of drug-likeness (QED) is 0.440. The lowest BCUT2D eigenvalue weighted by Crippen LogP contribution is -2.34. The Morgan fingerprint density at radius 1 is 0.800 bits per heavy atom. The van der Waals surface area contributed by atoms with Crippen LogP contribution >= 0.6 is 35.4 Å². The molecule has 0 spiro atoms. The van der Waals surface area contributed by atoms with E-state index in [1.54, 1.807) is 48.5 Å². The number of aryl methyl sites for hydroxylation is 1. The number of amides is 2. The number of benzene rings is 3. The molecule has 5 nitrogen and oxygen atoms in total. The normalized spacial score (nSPS) is 10.2. The molecule has 30 heavy (non-hydrogen) atoms. The molecule has 0 aliphatic carbocycles. The molecule has 3 N–H and O–H groups in total. The number of hydrogen-bond donors (Lipinski definition) is 3. The summed E-state index contributed by atoms with van der Waals surface area (Å²) in [7, 11) is 0. The van der Waals surface area contributed by atoms with E-state index in [9.17, 15) is 9.59 Å². The Bertz CT molecular complexity index is 1120. The smallest absolute Gasteiger partial charge is 0.257 e. The van der Waals surface area contributed by atoms with Crippen LogP contribution in [0.15, 0.2) is 66.7 Å². The van der Waals surface area contributed by atoms with Crippen molar-refractivity contribution in [3.63, 3.8) is 0 Å². The van der Waals surface area contributed by atoms with E-state index in [0.29, 0.717) is 27.5 Å². The summed E-state index contributed by atoms with van der Waals surface area (Å²) in [6, 6.07) is 18.8. The Morgan fingerprint density at radius 2 is 1.43 bits per heavy atom. The van der Waals surface area contributed by atoms with Crippen molar-refractivity contribution in [3.8, 4) is 0 Å². The molecule has 0 unspecified atom stereocenters. The molecule has 0 heterocycles. The molecule has 0 aliphatic rings. The monoisotopic (exact) mass is 457 g/mol. The molecule has 152 valence electrons. The number of rotatable bonds is 4. The highest BCUT2D eigenvalue weighted by molar-refractivity contribution is 7.80. The number of thiocarbonyl (C=S) groups is 1. The van der Waals surface area contributed by atoms with Gasteiger partial charge in [-0.3, -0.25) is 14.9 Å². The van der Waals surface area contributed by atoms with Gasteiger partial charge in [-0.15, -0.1) is 0 Å². The number of carbonyl (C=O) groups excluding carboxylic acids is 2. The molecule has 2 amide bonds. The molecule has 0 atom stereocenters. The first-order chi connectivity index (χ1) is 14.3. The van der Waals surface area contributed by atoms with Crippen LogP contribution < -0.4 is 16.0 Å². The van der Waals surface area contributed by atoms with Gasteiger partial charge in [-0.05, 0) is 73.2 Å². The summed E-state index contributed by atoms with van der Waals surface area (Å²) < 4.78 is 0. The minimum atomic E-state index is -0.349. The van der Waals surface area contributed by atoms with E-state index < -0.39 is 0 Å². The molecule has 3 aromatic carbocycles. The van der Waals surface area contributed by atoms with Crippen LogP contribution in [0.1, 0.15) is 26.3 Å². The number of nitrogens with one attached hydrogen (secondary N) is 3. The first kappa shape index (κ1) is 21.8. The van der Waals surface area contributed by atoms with Crippen LogP contribution in [0, 0.1) is 6.92 Å². The predicted molar refractivity (Wildman–Crippen MR) is 126 cm³/mol. The summed E-state index contributed by atoms with van der Waals surface area (Å²) in [5, 5.41) is 9.25. The highest BCUT2D eigenvalue weighted by atomic mass is 35.5. The molecule has 0 aromatic heterocycles. The third-order valence-electron chi connectivity index (χ3n) is 4.19. The topological polar surface area (TPSA) is 70.2 Å². The van der Waals surface area contributed by atoms with E-state index in [1.165, 1.54) is 6.07 Å². The van der Waals surface area contributed by atoms with Crippen molar-refractivity contribution in [2.45, 2.75) is 6.92 Å². The van der Waals surface area contributed by atoms with E-state index in [2.05, 4.69) is 16.0 Å². The van der Waals surface area contributed by atoms with Crippen molar-refractivity contribution < 1.29 is 9.59 Å². The fraction of sp³-hybridized carbons (Fsp3) is 0.0455. The van der Waals surface area contributed by atoms with Gasteiger partial charge in [-0.2, -0.15) is 0 Å². The maximum Gasteiger partial charge on any atom is 0.257 e. The molecule has 0 saturated carbocycles. The number of carbonyl (C=O) groups is 2. The van der Waals surface area contributed by atoms with Crippen LogP contribution in [-0.2, 0) is 0 Å². The Kier molecular flexibility index (Phi) is 7.05. The lowest BCUT2D eigenvalue weighted by Gasteiger charge is -2.12. The maximum atomic E-state index is 12.4. The van der Waals surface area contributed by atoms with Crippen LogP contribution in [0.3, 0.4) is 0 Å². The lowest BCUT2D eigenvalue weighted by atomic mass is 10.1. The van der Waals surface area contributed by atoms with Crippen LogP contribution in [0.2, 0.25) is 10.0 Å². The molecule has 0 fully saturated rings. The van der Waals surface area contributed by atoms with Crippen molar-refractivity contribution in [2.75, 3.05) is 10.6 Å². The van der Waals surface area contributed by atoms with E-state index in [4.69, 9.17) is 35.4 Å². The average Bonchev–Trinajstić information content (AvgIpc) is 2.69. The average molecular weight is 458 g/mol. The standard InChI is InChI=1S/C22H17Cl2N3O2S/c1-13-4-2-3-5-17(13)20(28)27-22(30)26-16-9-7-15(8-10-16)25-21(29)18-11-6-14(23)12-19(18)24/h2-12H,1H3,(H,25,29)(H2,26,27,28,30). The van der Waals surface area contributed by atoms with Crippen LogP contribution in [0.5, 0.6) is 0 Å². The van der Waals surface area contributed by atoms with Crippen molar-refractivity contribution in [3.05, 3.63) is 93.5 Å². The summed E-state index contributed by atoms with van der Waals surface area (Å²) in [4.78, 5) is 24.7. The largest absolute Gasteiger partial charge is 0.332 e. The summed E-state index contributed by atoms with van der Waals surface area (Å²) in [5.74, 6) is -0.632. The van der Waals surface area contributed by atoms with E-state index in [-0.39, 0.29) is 21.9 Å². The summed E-state index contributed by atoms with van der Waals surface area (Å²) >= 11 is 17.1. The fourth-order valence-electron chi connectivity index (χ4n) is 2.67. The molecule has 3 rings (SSSR count). The third-order valence-corrected chi connectivity index (χ3v) is 4.95. The van der Waals surface area contributed by atoms with Gasteiger partial charge in [-0.1, -0.05) is 41.4 Å². The second kappa shape index (κ2) is 9.71. The molecule has 0 bridgehead atoms. The molecule has 0 aliphatic heterocycles. The van der Waals surface area contributed by atoms with Crippen molar-refractivity contribution >= 4 is 63.7 Å². The van der Waals surface area contributed by atoms with E-state index >= 15 is 0 Å². The molecule has 8 heteroatoms. The van der Waals surface area contributed by atoms with Crippen LogP contribution in [-0.4, -0.2) is 16.9 Å². The number of anilines is 2. The van der Waals surface area contributed by atoms with Crippen LogP contribution in [0.25, 0.3) is 0 Å². The Morgan fingerprint density at radius 3 is 2.07 bits per heavy atom. The first-order valence-electron chi connectivity index (χ1n) is 8.88. The van der Waals surface area contributed by atoms with Gasteiger partial charge in [0, 0.05) is 22.0 Å². The second-order valence-corrected chi connectivity index (χ2v) is 7.63. The zero-order valence-electron chi connectivity index (χ0n) is 15.8. The Labute approximate surface area is 189 Å². The Balaban J connectivity index is 1.59. The van der Waals surface area contributed by atoms with Crippen molar-refractivity contribution in [1.82, 2.24) is 5.32 Å². The molecule has 0 saturated heterocycles. The highest BCUT2D eigenvalue weighted by Crippen LogP contribution is 2.22. The van der Waals surface area contributed by atoms with Gasteiger partial charge >= 0.3 is 0 Å². The zero-order valence-corrected chi connectivity index (χ0v) is 18.2. The minimum Gasteiger partial charge on any atom is -0.332 e. The maximum absolute atomic E-state index is 12.4. The lowest BCUT2D eigenvalue weighted by molar-refractivity contribution is 0.0975. The summed E-state index contributed by atoms with van der Waals surface area (Å²) in [5.41, 5.74) is 2.97. The van der Waals surface area contributed by atoms with Crippen molar-refractivity contribution in [1.29, 1.82) is 0 Å². The summed E-state index contributed by atoms with van der Waals surface area (Å²) in [6.45, 7) is 1.86. The molecule has 0 radical (unpaired) electrons. The molecular weight excluding hydrogens is 441 g/mol. The van der Waals surface area contributed by atoms with Gasteiger partial charge < -0.3 is 10.6 Å². The fourth-order valence-corrected chi connectivity index (χ4v) is 3.37. The molecule has 3 aromatic rings. The van der Waals surface area contributed by atoms with Gasteiger partial charge in [0.25, 0.3) is 11.8 Å². The SMILES string of the molecule is Cc1ccccc1C(=O)NC(=S)Nc1ccc(NC(=O)c2ccc(Cl)cc2Cl)cc1. The first-order valence-corrected chi connectivity index (χ1v) is 10.0. The highest BCUT2D eigenvalue weighted by Gasteiger charge is 2.12. The van der Waals surface area contributed by atoms with Gasteiger partial charge in [0.2, 0.25) is 0 Å². The second-order valence-electron chi connectivity index (χ2n) is 6.38. The van der Waals surface area contributed by atoms with Gasteiger partial charge in [0.1, 0.15) is 0 Å². The zero-order chi connectivity index (χ0) is 21.7. The van der Waals surface area contributed by atoms with Crippen molar-refractivity contribution in [2.24, 2.45) is 0 Å². The molecular formula is C22H17Cl2N3O2S. The predicted octanol–water partition coefficient (Wildman–Crippen LogP) is 5.68. The van der Waals surface area contributed by atoms with Gasteiger partial charge in [0.15, 0.2) is 5.11 Å². The van der Waals surface area contributed by atoms with Crippen LogP contribution in [0.4, 0.5) is 11.4 Å². The van der Waals surface area contributed by atoms with E-state index in [1.807, 2.05) is 19.1 Å². The van der Waals surface area contributed by atoms with Gasteiger partial charge in [0.05, 0.1) is 10.6 Å². The van der Waals surface area contributed by atoms with Gasteiger partial charge in [-0.25, -0.2) is 0 Å². The number of hydrogen-bond acceptors (Lipinski definition) is 3. The third kappa shape index (κ3) is 5.57. The summed E-state index contributed by atoms with van der Waals surface area (Å²) in [6.07, 6.45) is 0.